The van der Waals surface area contributed by atoms with Gasteiger partial charge in [0.2, 0.25) is 0 Å². The number of rotatable bonds is 2. The van der Waals surface area contributed by atoms with Crippen LogP contribution in [0, 0.1) is 5.82 Å². The molecule has 1 N–H and O–H groups in total. The van der Waals surface area contributed by atoms with E-state index in [9.17, 15) is 9.50 Å². The number of aliphatic hydroxyl groups is 1. The first-order valence-corrected chi connectivity index (χ1v) is 7.55. The van der Waals surface area contributed by atoms with Gasteiger partial charge in [0.15, 0.2) is 0 Å². The van der Waals surface area contributed by atoms with Crippen LogP contribution in [0.15, 0.2) is 59.1 Å². The van der Waals surface area contributed by atoms with Gasteiger partial charge in [0.05, 0.1) is 0 Å². The van der Waals surface area contributed by atoms with Crippen molar-refractivity contribution in [1.82, 2.24) is 0 Å². The zero-order valence-corrected chi connectivity index (χ0v) is 13.2. The summed E-state index contributed by atoms with van der Waals surface area (Å²) in [4.78, 5) is 0. The van der Waals surface area contributed by atoms with Crippen LogP contribution in [0.1, 0.15) is 17.2 Å². The van der Waals surface area contributed by atoms with Crippen molar-refractivity contribution < 1.29 is 9.50 Å². The zero-order chi connectivity index (χ0) is 15.0. The lowest BCUT2D eigenvalue weighted by atomic mass is 9.96. The molecular formula is C17H11BrClFO. The normalized spacial score (nSPS) is 12.6. The second-order valence-electron chi connectivity index (χ2n) is 4.75. The lowest BCUT2D eigenvalue weighted by Gasteiger charge is -2.16. The van der Waals surface area contributed by atoms with E-state index in [4.69, 9.17) is 11.6 Å². The first kappa shape index (κ1) is 14.5. The van der Waals surface area contributed by atoms with Gasteiger partial charge in [-0.15, -0.1) is 0 Å². The molecular weight excluding hydrogens is 355 g/mol. The van der Waals surface area contributed by atoms with E-state index in [1.54, 1.807) is 18.2 Å². The highest BCUT2D eigenvalue weighted by atomic mass is 79.9. The van der Waals surface area contributed by atoms with Crippen LogP contribution >= 0.6 is 27.5 Å². The second kappa shape index (κ2) is 5.76. The molecule has 0 radical (unpaired) electrons. The molecule has 4 heteroatoms. The third-order valence-corrected chi connectivity index (χ3v) is 4.50. The number of hydrogen-bond donors (Lipinski definition) is 1. The molecule has 1 nitrogen and oxygen atoms in total. The van der Waals surface area contributed by atoms with E-state index >= 15 is 0 Å². The Morgan fingerprint density at radius 1 is 0.952 bits per heavy atom. The number of benzene rings is 3. The van der Waals surface area contributed by atoms with Gasteiger partial charge in [0.1, 0.15) is 11.9 Å². The minimum Gasteiger partial charge on any atom is -0.384 e. The summed E-state index contributed by atoms with van der Waals surface area (Å²) in [5.41, 5.74) is 1.18. The quantitative estimate of drug-likeness (QED) is 0.638. The maximum atomic E-state index is 13.4. The van der Waals surface area contributed by atoms with Crippen LogP contribution in [-0.2, 0) is 0 Å². The van der Waals surface area contributed by atoms with Gasteiger partial charge in [-0.3, -0.25) is 0 Å². The summed E-state index contributed by atoms with van der Waals surface area (Å²) in [7, 11) is 0. The first-order valence-electron chi connectivity index (χ1n) is 6.38. The summed E-state index contributed by atoms with van der Waals surface area (Å²) in [5.74, 6) is -0.384. The molecule has 0 aromatic heterocycles. The predicted octanol–water partition coefficient (Wildman–Crippen LogP) is 5.48. The van der Waals surface area contributed by atoms with Gasteiger partial charge in [-0.2, -0.15) is 0 Å². The van der Waals surface area contributed by atoms with Gasteiger partial charge in [-0.1, -0.05) is 57.9 Å². The number of halogens is 3. The van der Waals surface area contributed by atoms with E-state index < -0.39 is 6.10 Å². The lowest BCUT2D eigenvalue weighted by molar-refractivity contribution is 0.220. The summed E-state index contributed by atoms with van der Waals surface area (Å²) < 4.78 is 14.1. The number of aliphatic hydroxyl groups excluding tert-OH is 1. The average molecular weight is 366 g/mol. The molecule has 0 aliphatic rings. The minimum absolute atomic E-state index is 0.384. The topological polar surface area (TPSA) is 20.2 Å². The first-order chi connectivity index (χ1) is 10.1. The Labute approximate surface area is 135 Å². The average Bonchev–Trinajstić information content (AvgIpc) is 2.50. The Bertz CT molecular complexity index is 819. The molecule has 3 aromatic rings. The molecule has 3 aromatic carbocycles. The Kier molecular flexibility index (Phi) is 3.98. The summed E-state index contributed by atoms with van der Waals surface area (Å²) in [5, 5.41) is 13.0. The highest BCUT2D eigenvalue weighted by Crippen LogP contribution is 2.35. The third kappa shape index (κ3) is 2.69. The molecule has 0 saturated heterocycles. The summed E-state index contributed by atoms with van der Waals surface area (Å²) in [6, 6.07) is 15.4. The van der Waals surface area contributed by atoms with Crippen molar-refractivity contribution in [2.24, 2.45) is 0 Å². The standard InChI is InChI=1S/C17H11BrClFO/c18-15-7-5-10(20)9-14(15)17(21)13-6-8-16(19)12-4-2-1-3-11(12)13/h1-9,17,21H. The number of hydrogen-bond acceptors (Lipinski definition) is 1. The molecule has 0 fully saturated rings. The van der Waals surface area contributed by atoms with Crippen molar-refractivity contribution in [3.63, 3.8) is 0 Å². The second-order valence-corrected chi connectivity index (χ2v) is 6.01. The largest absolute Gasteiger partial charge is 0.384 e. The fourth-order valence-corrected chi connectivity index (χ4v) is 3.11. The molecule has 21 heavy (non-hydrogen) atoms. The van der Waals surface area contributed by atoms with E-state index in [1.807, 2.05) is 24.3 Å². The van der Waals surface area contributed by atoms with Gasteiger partial charge in [0.25, 0.3) is 0 Å². The maximum Gasteiger partial charge on any atom is 0.123 e. The Hall–Kier alpha value is -1.42. The zero-order valence-electron chi connectivity index (χ0n) is 10.9. The van der Waals surface area contributed by atoms with Crippen molar-refractivity contribution in [2.45, 2.75) is 6.10 Å². The smallest absolute Gasteiger partial charge is 0.123 e. The molecule has 1 atom stereocenters. The highest BCUT2D eigenvalue weighted by Gasteiger charge is 2.17. The van der Waals surface area contributed by atoms with Crippen LogP contribution in [0.25, 0.3) is 10.8 Å². The van der Waals surface area contributed by atoms with Crippen molar-refractivity contribution in [1.29, 1.82) is 0 Å². The van der Waals surface area contributed by atoms with Crippen molar-refractivity contribution in [3.8, 4) is 0 Å². The van der Waals surface area contributed by atoms with Gasteiger partial charge in [-0.25, -0.2) is 4.39 Å². The van der Waals surface area contributed by atoms with Crippen molar-refractivity contribution >= 4 is 38.3 Å². The molecule has 0 spiro atoms. The predicted molar refractivity (Wildman–Crippen MR) is 87.1 cm³/mol. The SMILES string of the molecule is OC(c1cc(F)ccc1Br)c1ccc(Cl)c2ccccc12. The Morgan fingerprint density at radius 3 is 2.43 bits per heavy atom. The highest BCUT2D eigenvalue weighted by molar-refractivity contribution is 9.10. The molecule has 0 saturated carbocycles. The molecule has 0 heterocycles. The van der Waals surface area contributed by atoms with Crippen LogP contribution in [0.4, 0.5) is 4.39 Å². The van der Waals surface area contributed by atoms with Gasteiger partial charge >= 0.3 is 0 Å². The molecule has 0 amide bonds. The summed E-state index contributed by atoms with van der Waals surface area (Å²) in [6.45, 7) is 0. The third-order valence-electron chi connectivity index (χ3n) is 3.45. The van der Waals surface area contributed by atoms with Crippen LogP contribution in [0.2, 0.25) is 5.02 Å². The molecule has 0 aliphatic carbocycles. The summed E-state index contributed by atoms with van der Waals surface area (Å²) >= 11 is 9.54. The Morgan fingerprint density at radius 2 is 1.67 bits per heavy atom. The van der Waals surface area contributed by atoms with Crippen LogP contribution in [-0.4, -0.2) is 5.11 Å². The Balaban J connectivity index is 2.20. The van der Waals surface area contributed by atoms with Crippen molar-refractivity contribution in [2.75, 3.05) is 0 Å². The van der Waals surface area contributed by atoms with E-state index in [0.717, 1.165) is 10.8 Å². The maximum absolute atomic E-state index is 13.4. The molecule has 1 unspecified atom stereocenters. The lowest BCUT2D eigenvalue weighted by Crippen LogP contribution is -2.02. The molecule has 0 aliphatic heterocycles. The molecule has 3 rings (SSSR count). The van der Waals surface area contributed by atoms with Gasteiger partial charge in [-0.05, 0) is 35.2 Å². The number of fused-ring (bicyclic) bond motifs is 1. The fourth-order valence-electron chi connectivity index (χ4n) is 2.42. The van der Waals surface area contributed by atoms with Crippen LogP contribution < -0.4 is 0 Å². The van der Waals surface area contributed by atoms with Gasteiger partial charge < -0.3 is 5.11 Å². The van der Waals surface area contributed by atoms with Crippen LogP contribution in [0.3, 0.4) is 0 Å². The van der Waals surface area contributed by atoms with E-state index in [-0.39, 0.29) is 5.82 Å². The fraction of sp³-hybridized carbons (Fsp3) is 0.0588. The molecule has 0 bridgehead atoms. The van der Waals surface area contributed by atoms with Gasteiger partial charge in [0, 0.05) is 20.4 Å². The van der Waals surface area contributed by atoms with E-state index in [0.29, 0.717) is 20.6 Å². The van der Waals surface area contributed by atoms with Crippen LogP contribution in [0.5, 0.6) is 0 Å². The molecule has 106 valence electrons. The summed E-state index contributed by atoms with van der Waals surface area (Å²) in [6.07, 6.45) is -0.933. The van der Waals surface area contributed by atoms with E-state index in [1.165, 1.54) is 12.1 Å². The van der Waals surface area contributed by atoms with Crippen molar-refractivity contribution in [3.05, 3.63) is 81.0 Å². The monoisotopic (exact) mass is 364 g/mol. The minimum atomic E-state index is -0.933. The van der Waals surface area contributed by atoms with E-state index in [2.05, 4.69) is 15.9 Å².